The van der Waals surface area contributed by atoms with E-state index in [4.69, 9.17) is 5.73 Å². The minimum atomic E-state index is -0.280. The summed E-state index contributed by atoms with van der Waals surface area (Å²) in [6, 6.07) is 14.5. The second kappa shape index (κ2) is 5.78. The first-order valence-electron chi connectivity index (χ1n) is 6.48. The minimum absolute atomic E-state index is 0.280. The summed E-state index contributed by atoms with van der Waals surface area (Å²) in [6.45, 7) is 2.18. The van der Waals surface area contributed by atoms with Crippen LogP contribution in [0.15, 0.2) is 54.9 Å². The van der Waals surface area contributed by atoms with Crippen molar-refractivity contribution in [1.82, 2.24) is 4.98 Å². The Hall–Kier alpha value is -1.67. The molecule has 0 radical (unpaired) electrons. The van der Waals surface area contributed by atoms with Crippen molar-refractivity contribution >= 4 is 0 Å². The minimum Gasteiger partial charge on any atom is -0.321 e. The fourth-order valence-electron chi connectivity index (χ4n) is 2.42. The Bertz CT molecular complexity index is 467. The first-order chi connectivity index (χ1) is 8.74. The van der Waals surface area contributed by atoms with Crippen LogP contribution in [0.1, 0.15) is 30.9 Å². The summed E-state index contributed by atoms with van der Waals surface area (Å²) in [6.07, 6.45) is 6.57. The molecule has 2 aromatic rings. The van der Waals surface area contributed by atoms with Crippen molar-refractivity contribution in [2.75, 3.05) is 0 Å². The van der Waals surface area contributed by atoms with Crippen LogP contribution < -0.4 is 5.73 Å². The molecular formula is C16H20N2. The van der Waals surface area contributed by atoms with Gasteiger partial charge in [-0.3, -0.25) is 4.98 Å². The summed E-state index contributed by atoms with van der Waals surface area (Å²) in [4.78, 5) is 4.05. The number of hydrogen-bond donors (Lipinski definition) is 1. The largest absolute Gasteiger partial charge is 0.321 e. The van der Waals surface area contributed by atoms with Crippen LogP contribution in [-0.4, -0.2) is 4.98 Å². The van der Waals surface area contributed by atoms with Gasteiger partial charge in [-0.25, -0.2) is 0 Å². The van der Waals surface area contributed by atoms with Gasteiger partial charge < -0.3 is 5.73 Å². The molecule has 0 bridgehead atoms. The lowest BCUT2D eigenvalue weighted by Crippen LogP contribution is -2.38. The Labute approximate surface area is 109 Å². The third kappa shape index (κ3) is 2.96. The average Bonchev–Trinajstić information content (AvgIpc) is 2.41. The van der Waals surface area contributed by atoms with Crippen molar-refractivity contribution in [2.24, 2.45) is 5.73 Å². The maximum absolute atomic E-state index is 6.64. The number of rotatable bonds is 5. The van der Waals surface area contributed by atoms with Crippen LogP contribution >= 0.6 is 0 Å². The lowest BCUT2D eigenvalue weighted by Gasteiger charge is -2.30. The first kappa shape index (κ1) is 12.8. The van der Waals surface area contributed by atoms with Crippen LogP contribution in [0.5, 0.6) is 0 Å². The van der Waals surface area contributed by atoms with E-state index in [0.717, 1.165) is 19.3 Å². The van der Waals surface area contributed by atoms with Crippen LogP contribution in [-0.2, 0) is 12.0 Å². The standard InChI is InChI=1S/C16H20N2/c1-2-10-16(17,15-6-4-3-5-7-15)13-14-8-11-18-12-9-14/h3-9,11-12H,2,10,13,17H2,1H3. The molecule has 2 nitrogen and oxygen atoms in total. The fourth-order valence-corrected chi connectivity index (χ4v) is 2.42. The maximum atomic E-state index is 6.64. The normalized spacial score (nSPS) is 14.1. The monoisotopic (exact) mass is 240 g/mol. The van der Waals surface area contributed by atoms with Crippen molar-refractivity contribution in [3.63, 3.8) is 0 Å². The predicted octanol–water partition coefficient (Wildman–Crippen LogP) is 3.28. The van der Waals surface area contributed by atoms with E-state index in [2.05, 4.69) is 36.2 Å². The molecule has 0 aliphatic heterocycles. The zero-order valence-corrected chi connectivity index (χ0v) is 10.8. The molecule has 0 fully saturated rings. The third-order valence-corrected chi connectivity index (χ3v) is 3.31. The summed E-state index contributed by atoms with van der Waals surface area (Å²) < 4.78 is 0. The van der Waals surface area contributed by atoms with Crippen LogP contribution in [0.4, 0.5) is 0 Å². The SMILES string of the molecule is CCCC(N)(Cc1ccncc1)c1ccccc1. The Kier molecular flexibility index (Phi) is 4.11. The highest BCUT2D eigenvalue weighted by Crippen LogP contribution is 2.27. The highest BCUT2D eigenvalue weighted by molar-refractivity contribution is 5.27. The second-order valence-electron chi connectivity index (χ2n) is 4.80. The molecule has 2 heteroatoms. The lowest BCUT2D eigenvalue weighted by molar-refractivity contribution is 0.400. The first-order valence-corrected chi connectivity index (χ1v) is 6.48. The molecule has 0 spiro atoms. The van der Waals surface area contributed by atoms with Gasteiger partial charge in [-0.15, -0.1) is 0 Å². The quantitative estimate of drug-likeness (QED) is 0.871. The van der Waals surface area contributed by atoms with Gasteiger partial charge in [0.05, 0.1) is 0 Å². The number of aromatic nitrogens is 1. The fraction of sp³-hybridized carbons (Fsp3) is 0.312. The summed E-state index contributed by atoms with van der Waals surface area (Å²) >= 11 is 0. The van der Waals surface area contributed by atoms with Gasteiger partial charge in [0.15, 0.2) is 0 Å². The summed E-state index contributed by atoms with van der Waals surface area (Å²) in [7, 11) is 0. The lowest BCUT2D eigenvalue weighted by atomic mass is 9.81. The predicted molar refractivity (Wildman–Crippen MR) is 75.2 cm³/mol. The van der Waals surface area contributed by atoms with Gasteiger partial charge in [-0.1, -0.05) is 43.7 Å². The van der Waals surface area contributed by atoms with E-state index in [9.17, 15) is 0 Å². The molecule has 0 aliphatic carbocycles. The van der Waals surface area contributed by atoms with E-state index in [-0.39, 0.29) is 5.54 Å². The van der Waals surface area contributed by atoms with Gasteiger partial charge in [-0.05, 0) is 36.1 Å². The number of nitrogens with two attached hydrogens (primary N) is 1. The Morgan fingerprint density at radius 1 is 1.06 bits per heavy atom. The van der Waals surface area contributed by atoms with Gasteiger partial charge in [-0.2, -0.15) is 0 Å². The molecule has 0 saturated heterocycles. The molecule has 0 amide bonds. The molecule has 0 aliphatic rings. The average molecular weight is 240 g/mol. The molecule has 1 aromatic heterocycles. The molecule has 1 heterocycles. The third-order valence-electron chi connectivity index (χ3n) is 3.31. The summed E-state index contributed by atoms with van der Waals surface area (Å²) in [5.41, 5.74) is 8.81. The van der Waals surface area contributed by atoms with E-state index < -0.39 is 0 Å². The Morgan fingerprint density at radius 2 is 1.72 bits per heavy atom. The zero-order chi connectivity index (χ0) is 12.8. The van der Waals surface area contributed by atoms with Gasteiger partial charge >= 0.3 is 0 Å². The molecule has 1 aromatic carbocycles. The van der Waals surface area contributed by atoms with E-state index in [0.29, 0.717) is 0 Å². The Balaban J connectivity index is 2.27. The van der Waals surface area contributed by atoms with Crippen molar-refractivity contribution < 1.29 is 0 Å². The molecule has 2 rings (SSSR count). The molecule has 1 unspecified atom stereocenters. The second-order valence-corrected chi connectivity index (χ2v) is 4.80. The zero-order valence-electron chi connectivity index (χ0n) is 10.8. The van der Waals surface area contributed by atoms with Crippen molar-refractivity contribution in [3.05, 3.63) is 66.0 Å². The van der Waals surface area contributed by atoms with E-state index >= 15 is 0 Å². The number of nitrogens with zero attached hydrogens (tertiary/aromatic N) is 1. The van der Waals surface area contributed by atoms with Crippen molar-refractivity contribution in [1.29, 1.82) is 0 Å². The van der Waals surface area contributed by atoms with E-state index in [1.807, 2.05) is 30.6 Å². The Morgan fingerprint density at radius 3 is 2.33 bits per heavy atom. The molecule has 1 atom stereocenters. The van der Waals surface area contributed by atoms with Crippen LogP contribution in [0, 0.1) is 0 Å². The molecule has 0 saturated carbocycles. The summed E-state index contributed by atoms with van der Waals surface area (Å²) in [5.74, 6) is 0. The number of benzene rings is 1. The van der Waals surface area contributed by atoms with Crippen LogP contribution in [0.3, 0.4) is 0 Å². The van der Waals surface area contributed by atoms with Gasteiger partial charge in [0.1, 0.15) is 0 Å². The maximum Gasteiger partial charge on any atom is 0.0450 e. The molecular weight excluding hydrogens is 220 g/mol. The van der Waals surface area contributed by atoms with E-state index in [1.54, 1.807) is 0 Å². The van der Waals surface area contributed by atoms with Crippen LogP contribution in [0.25, 0.3) is 0 Å². The van der Waals surface area contributed by atoms with Crippen LogP contribution in [0.2, 0.25) is 0 Å². The molecule has 94 valence electrons. The molecule has 18 heavy (non-hydrogen) atoms. The number of pyridine rings is 1. The van der Waals surface area contributed by atoms with Crippen molar-refractivity contribution in [2.45, 2.75) is 31.7 Å². The van der Waals surface area contributed by atoms with Crippen molar-refractivity contribution in [3.8, 4) is 0 Å². The highest BCUT2D eigenvalue weighted by Gasteiger charge is 2.26. The smallest absolute Gasteiger partial charge is 0.0450 e. The van der Waals surface area contributed by atoms with Gasteiger partial charge in [0, 0.05) is 17.9 Å². The topological polar surface area (TPSA) is 38.9 Å². The summed E-state index contributed by atoms with van der Waals surface area (Å²) in [5, 5.41) is 0. The van der Waals surface area contributed by atoms with E-state index in [1.165, 1.54) is 11.1 Å². The molecule has 2 N–H and O–H groups in total. The highest BCUT2D eigenvalue weighted by atomic mass is 14.7. The number of hydrogen-bond acceptors (Lipinski definition) is 2. The van der Waals surface area contributed by atoms with Gasteiger partial charge in [0.25, 0.3) is 0 Å². The van der Waals surface area contributed by atoms with Gasteiger partial charge in [0.2, 0.25) is 0 Å².